The quantitative estimate of drug-likeness (QED) is 0.728. The Bertz CT molecular complexity index is 736. The monoisotopic (exact) mass is 382 g/mol. The third-order valence-corrected chi connectivity index (χ3v) is 7.13. The maximum Gasteiger partial charge on any atom is 0.312 e. The van der Waals surface area contributed by atoms with Crippen LogP contribution in [0.15, 0.2) is 30.3 Å². The maximum absolute atomic E-state index is 13.0. The molecule has 2 heterocycles. The van der Waals surface area contributed by atoms with E-state index in [1.165, 1.54) is 5.56 Å². The third kappa shape index (κ3) is 3.97. The molecule has 1 saturated carbocycles. The molecule has 2 aliphatic heterocycles. The highest BCUT2D eigenvalue weighted by Crippen LogP contribution is 2.52. The molecule has 0 aromatic heterocycles. The van der Waals surface area contributed by atoms with Gasteiger partial charge in [-0.2, -0.15) is 0 Å². The second-order valence-corrected chi connectivity index (χ2v) is 10.6. The zero-order chi connectivity index (χ0) is 19.9. The zero-order valence-electron chi connectivity index (χ0n) is 17.6. The van der Waals surface area contributed by atoms with Crippen LogP contribution in [0.4, 0.5) is 0 Å². The molecule has 1 aromatic rings. The average Bonchev–Trinajstić information content (AvgIpc) is 2.90. The number of hydrogen-bond donors (Lipinski definition) is 0. The van der Waals surface area contributed by atoms with Crippen LogP contribution in [-0.2, 0) is 16.0 Å². The number of benzene rings is 1. The predicted octanol–water partition coefficient (Wildman–Crippen LogP) is 3.89. The van der Waals surface area contributed by atoms with Crippen LogP contribution in [0.5, 0.6) is 0 Å². The molecule has 4 rings (SSSR count). The standard InChI is InChI=1S/C24H34N2O2/c1-23(2)14-20-15-24(3,16-23)17-26(20)22(28)21(27)25-11-9-19(10-12-25)13-18-7-5-4-6-8-18/h4-8,19-20H,9-17H2,1-3H3. The Morgan fingerprint density at radius 2 is 1.68 bits per heavy atom. The number of carbonyl (C=O) groups is 2. The molecule has 3 aliphatic rings. The number of carbonyl (C=O) groups excluding carboxylic acids is 2. The Kier molecular flexibility index (Phi) is 5.01. The summed E-state index contributed by atoms with van der Waals surface area (Å²) in [6.45, 7) is 9.05. The number of hydrogen-bond acceptors (Lipinski definition) is 2. The smallest absolute Gasteiger partial charge is 0.312 e. The summed E-state index contributed by atoms with van der Waals surface area (Å²) in [6.07, 6.45) is 6.25. The molecule has 2 saturated heterocycles. The van der Waals surface area contributed by atoms with Crippen LogP contribution in [-0.4, -0.2) is 47.3 Å². The molecule has 2 amide bonds. The van der Waals surface area contributed by atoms with E-state index in [1.54, 1.807) is 4.90 Å². The van der Waals surface area contributed by atoms with Gasteiger partial charge >= 0.3 is 11.8 Å². The van der Waals surface area contributed by atoms with E-state index in [0.29, 0.717) is 19.0 Å². The summed E-state index contributed by atoms with van der Waals surface area (Å²) < 4.78 is 0. The molecule has 28 heavy (non-hydrogen) atoms. The minimum absolute atomic E-state index is 0.172. The summed E-state index contributed by atoms with van der Waals surface area (Å²) in [4.78, 5) is 29.7. The van der Waals surface area contributed by atoms with Crippen molar-refractivity contribution in [1.29, 1.82) is 0 Å². The highest BCUT2D eigenvalue weighted by molar-refractivity contribution is 6.35. The minimum atomic E-state index is -0.271. The molecule has 3 fully saturated rings. The molecule has 1 aromatic carbocycles. The fourth-order valence-electron chi connectivity index (χ4n) is 6.24. The lowest BCUT2D eigenvalue weighted by molar-refractivity contribution is -0.153. The topological polar surface area (TPSA) is 40.6 Å². The number of fused-ring (bicyclic) bond motifs is 2. The van der Waals surface area contributed by atoms with Crippen molar-refractivity contribution < 1.29 is 9.59 Å². The highest BCUT2D eigenvalue weighted by Gasteiger charge is 2.52. The first-order chi connectivity index (χ1) is 13.2. The van der Waals surface area contributed by atoms with Crippen LogP contribution in [0, 0.1) is 16.7 Å². The molecule has 0 spiro atoms. The van der Waals surface area contributed by atoms with Crippen molar-refractivity contribution in [3.8, 4) is 0 Å². The maximum atomic E-state index is 13.0. The van der Waals surface area contributed by atoms with Crippen LogP contribution in [0.25, 0.3) is 0 Å². The highest BCUT2D eigenvalue weighted by atomic mass is 16.2. The van der Waals surface area contributed by atoms with Crippen molar-refractivity contribution in [2.45, 2.75) is 65.3 Å². The molecule has 2 atom stereocenters. The van der Waals surface area contributed by atoms with E-state index in [0.717, 1.165) is 45.1 Å². The van der Waals surface area contributed by atoms with E-state index < -0.39 is 0 Å². The van der Waals surface area contributed by atoms with Gasteiger partial charge in [-0.25, -0.2) is 0 Å². The molecule has 152 valence electrons. The van der Waals surface area contributed by atoms with Gasteiger partial charge in [0.15, 0.2) is 0 Å². The molecule has 0 radical (unpaired) electrons. The van der Waals surface area contributed by atoms with Crippen LogP contribution >= 0.6 is 0 Å². The van der Waals surface area contributed by atoms with Gasteiger partial charge in [0.1, 0.15) is 0 Å². The average molecular weight is 383 g/mol. The fraction of sp³-hybridized carbons (Fsp3) is 0.667. The molecular weight excluding hydrogens is 348 g/mol. The number of likely N-dealkylation sites (tertiary alicyclic amines) is 2. The first-order valence-corrected chi connectivity index (χ1v) is 10.9. The van der Waals surface area contributed by atoms with Gasteiger partial charge in [0.05, 0.1) is 0 Å². The van der Waals surface area contributed by atoms with E-state index >= 15 is 0 Å². The van der Waals surface area contributed by atoms with Crippen molar-refractivity contribution in [3.05, 3.63) is 35.9 Å². The normalized spacial score (nSPS) is 29.8. The fourth-order valence-corrected chi connectivity index (χ4v) is 6.24. The van der Waals surface area contributed by atoms with E-state index in [2.05, 4.69) is 45.0 Å². The molecule has 4 nitrogen and oxygen atoms in total. The van der Waals surface area contributed by atoms with E-state index in [1.807, 2.05) is 11.0 Å². The molecule has 2 bridgehead atoms. The van der Waals surface area contributed by atoms with Gasteiger partial charge in [-0.05, 0) is 60.8 Å². The Morgan fingerprint density at radius 1 is 1.00 bits per heavy atom. The van der Waals surface area contributed by atoms with Crippen molar-refractivity contribution in [2.75, 3.05) is 19.6 Å². The molecule has 1 aliphatic carbocycles. The summed E-state index contributed by atoms with van der Waals surface area (Å²) in [5.74, 6) is 0.0762. The SMILES string of the molecule is CC1(C)CC2CC(C)(CN2C(=O)C(=O)N2CCC(Cc3ccccc3)CC2)C1. The Balaban J connectivity index is 1.34. The Hall–Kier alpha value is -1.84. The first kappa shape index (κ1) is 19.5. The van der Waals surface area contributed by atoms with Gasteiger partial charge < -0.3 is 9.80 Å². The van der Waals surface area contributed by atoms with Crippen LogP contribution in [0.3, 0.4) is 0 Å². The summed E-state index contributed by atoms with van der Waals surface area (Å²) in [5, 5.41) is 0. The van der Waals surface area contributed by atoms with Gasteiger partial charge in [-0.3, -0.25) is 9.59 Å². The second-order valence-electron chi connectivity index (χ2n) is 10.6. The molecule has 2 unspecified atom stereocenters. The summed E-state index contributed by atoms with van der Waals surface area (Å²) >= 11 is 0. The lowest BCUT2D eigenvalue weighted by Crippen LogP contribution is -2.49. The molecule has 0 N–H and O–H groups in total. The van der Waals surface area contributed by atoms with E-state index in [9.17, 15) is 9.59 Å². The Labute approximate surface area is 169 Å². The summed E-state index contributed by atoms with van der Waals surface area (Å²) in [7, 11) is 0. The Morgan fingerprint density at radius 3 is 2.36 bits per heavy atom. The number of nitrogens with zero attached hydrogens (tertiary/aromatic N) is 2. The lowest BCUT2D eigenvalue weighted by atomic mass is 9.65. The summed E-state index contributed by atoms with van der Waals surface area (Å²) in [6, 6.07) is 10.8. The molecule has 4 heteroatoms. The lowest BCUT2D eigenvalue weighted by Gasteiger charge is -2.39. The first-order valence-electron chi connectivity index (χ1n) is 10.9. The van der Waals surface area contributed by atoms with Gasteiger partial charge in [0.2, 0.25) is 0 Å². The van der Waals surface area contributed by atoms with Gasteiger partial charge in [-0.1, -0.05) is 51.1 Å². The third-order valence-electron chi connectivity index (χ3n) is 7.13. The molecular formula is C24H34N2O2. The van der Waals surface area contributed by atoms with E-state index in [4.69, 9.17) is 0 Å². The number of piperidine rings is 1. The van der Waals surface area contributed by atoms with E-state index in [-0.39, 0.29) is 28.7 Å². The van der Waals surface area contributed by atoms with Crippen molar-refractivity contribution in [3.63, 3.8) is 0 Å². The second kappa shape index (κ2) is 7.20. The van der Waals surface area contributed by atoms with Gasteiger partial charge in [0, 0.05) is 25.7 Å². The van der Waals surface area contributed by atoms with Crippen LogP contribution < -0.4 is 0 Å². The van der Waals surface area contributed by atoms with Crippen LogP contribution in [0.2, 0.25) is 0 Å². The number of amides is 2. The zero-order valence-corrected chi connectivity index (χ0v) is 17.6. The van der Waals surface area contributed by atoms with Crippen molar-refractivity contribution in [1.82, 2.24) is 9.80 Å². The predicted molar refractivity (Wildman–Crippen MR) is 111 cm³/mol. The van der Waals surface area contributed by atoms with Crippen LogP contribution in [0.1, 0.15) is 58.4 Å². The number of rotatable bonds is 2. The largest absolute Gasteiger partial charge is 0.334 e. The minimum Gasteiger partial charge on any atom is -0.334 e. The van der Waals surface area contributed by atoms with Gasteiger partial charge in [0.25, 0.3) is 0 Å². The van der Waals surface area contributed by atoms with Crippen molar-refractivity contribution >= 4 is 11.8 Å². The van der Waals surface area contributed by atoms with Gasteiger partial charge in [-0.15, -0.1) is 0 Å². The summed E-state index contributed by atoms with van der Waals surface area (Å²) in [5.41, 5.74) is 1.79. The van der Waals surface area contributed by atoms with Crippen molar-refractivity contribution in [2.24, 2.45) is 16.7 Å².